The molecule has 0 amide bonds. The minimum Gasteiger partial charge on any atom is -0.352 e. The van der Waals surface area contributed by atoms with Crippen molar-refractivity contribution in [3.05, 3.63) is 70.3 Å². The molecule has 0 spiro atoms. The Hall–Kier alpha value is -2.58. The fourth-order valence-corrected chi connectivity index (χ4v) is 3.36. The number of halogens is 2. The minimum atomic E-state index is -0.229. The van der Waals surface area contributed by atoms with E-state index < -0.39 is 0 Å². The molecule has 0 fully saturated rings. The number of rotatable bonds is 7. The van der Waals surface area contributed by atoms with E-state index in [-0.39, 0.29) is 5.82 Å². The summed E-state index contributed by atoms with van der Waals surface area (Å²) in [5, 5.41) is 11.0. The van der Waals surface area contributed by atoms with Crippen LogP contribution in [0.2, 0.25) is 5.02 Å². The molecule has 0 aliphatic rings. The van der Waals surface area contributed by atoms with Crippen LogP contribution in [0.5, 0.6) is 0 Å². The molecule has 9 heteroatoms. The fourth-order valence-electron chi connectivity index (χ4n) is 2.66. The number of aliphatic imine (C=N–C) groups is 1. The Labute approximate surface area is 178 Å². The van der Waals surface area contributed by atoms with E-state index in [1.54, 1.807) is 43.1 Å². The van der Waals surface area contributed by atoms with Crippen molar-refractivity contribution in [1.82, 2.24) is 20.8 Å². The second-order valence-electron chi connectivity index (χ2n) is 6.14. The second kappa shape index (κ2) is 10.3. The first kappa shape index (κ1) is 21.1. The lowest BCUT2D eigenvalue weighted by atomic mass is 10.1. The maximum Gasteiger partial charge on any atom is 0.246 e. The van der Waals surface area contributed by atoms with Crippen LogP contribution in [0.1, 0.15) is 17.0 Å². The Balaban J connectivity index is 1.57. The lowest BCUT2D eigenvalue weighted by molar-refractivity contribution is 0.375. The summed E-state index contributed by atoms with van der Waals surface area (Å²) in [4.78, 5) is 8.57. The van der Waals surface area contributed by atoms with Gasteiger partial charge in [0, 0.05) is 29.9 Å². The van der Waals surface area contributed by atoms with E-state index in [1.165, 1.54) is 6.07 Å². The molecule has 0 radical (unpaired) electrons. The van der Waals surface area contributed by atoms with Gasteiger partial charge >= 0.3 is 0 Å². The van der Waals surface area contributed by atoms with Crippen LogP contribution in [-0.4, -0.2) is 29.4 Å². The van der Waals surface area contributed by atoms with E-state index in [0.29, 0.717) is 35.8 Å². The van der Waals surface area contributed by atoms with E-state index in [4.69, 9.17) is 16.1 Å². The van der Waals surface area contributed by atoms with Gasteiger partial charge in [0.1, 0.15) is 5.82 Å². The Morgan fingerprint density at radius 1 is 1.14 bits per heavy atom. The van der Waals surface area contributed by atoms with Crippen molar-refractivity contribution in [2.45, 2.75) is 18.8 Å². The van der Waals surface area contributed by atoms with Crippen molar-refractivity contribution in [2.24, 2.45) is 4.99 Å². The maximum atomic E-state index is 13.5. The number of nitrogens with one attached hydrogen (secondary N) is 2. The van der Waals surface area contributed by atoms with Crippen LogP contribution in [-0.2, 0) is 18.8 Å². The average molecular weight is 434 g/mol. The summed E-state index contributed by atoms with van der Waals surface area (Å²) in [5.74, 6) is 2.03. The molecular weight excluding hydrogens is 413 g/mol. The van der Waals surface area contributed by atoms with Gasteiger partial charge in [-0.05, 0) is 53.8 Å². The Kier molecular flexibility index (Phi) is 7.48. The zero-order chi connectivity index (χ0) is 20.6. The SMILES string of the molecule is CN=C(NCc1nc(-c2ccc(Cl)cc2)no1)NCc1ccc(F)cc1CSC. The maximum absolute atomic E-state index is 13.5. The number of benzene rings is 2. The predicted molar refractivity (Wildman–Crippen MR) is 115 cm³/mol. The summed E-state index contributed by atoms with van der Waals surface area (Å²) in [5.41, 5.74) is 2.81. The van der Waals surface area contributed by atoms with Crippen LogP contribution in [0.3, 0.4) is 0 Å². The molecule has 29 heavy (non-hydrogen) atoms. The van der Waals surface area contributed by atoms with E-state index in [1.807, 2.05) is 18.4 Å². The molecule has 6 nitrogen and oxygen atoms in total. The summed E-state index contributed by atoms with van der Waals surface area (Å²) in [6.07, 6.45) is 1.99. The fraction of sp³-hybridized carbons (Fsp3) is 0.250. The third-order valence-corrected chi connectivity index (χ3v) is 4.97. The van der Waals surface area contributed by atoms with Crippen LogP contribution in [0.25, 0.3) is 11.4 Å². The quantitative estimate of drug-likeness (QED) is 0.428. The lowest BCUT2D eigenvalue weighted by Crippen LogP contribution is -2.36. The molecule has 1 heterocycles. The van der Waals surface area contributed by atoms with Crippen molar-refractivity contribution >= 4 is 29.3 Å². The van der Waals surface area contributed by atoms with Crippen LogP contribution in [0.4, 0.5) is 4.39 Å². The van der Waals surface area contributed by atoms with Crippen molar-refractivity contribution in [2.75, 3.05) is 13.3 Å². The predicted octanol–water partition coefficient (Wildman–Crippen LogP) is 4.26. The highest BCUT2D eigenvalue weighted by atomic mass is 35.5. The van der Waals surface area contributed by atoms with Gasteiger partial charge in [-0.2, -0.15) is 16.7 Å². The Morgan fingerprint density at radius 3 is 2.62 bits per heavy atom. The Bertz CT molecular complexity index is 977. The van der Waals surface area contributed by atoms with Crippen LogP contribution < -0.4 is 10.6 Å². The molecule has 2 N–H and O–H groups in total. The van der Waals surface area contributed by atoms with Crippen molar-refractivity contribution in [3.8, 4) is 11.4 Å². The van der Waals surface area contributed by atoms with E-state index >= 15 is 0 Å². The zero-order valence-corrected chi connectivity index (χ0v) is 17.6. The second-order valence-corrected chi connectivity index (χ2v) is 7.45. The van der Waals surface area contributed by atoms with Gasteiger partial charge in [0.2, 0.25) is 11.7 Å². The van der Waals surface area contributed by atoms with E-state index in [9.17, 15) is 4.39 Å². The lowest BCUT2D eigenvalue weighted by Gasteiger charge is -2.13. The number of hydrogen-bond acceptors (Lipinski definition) is 5. The molecular formula is C20H21ClFN5OS. The first-order valence-corrected chi connectivity index (χ1v) is 10.7. The number of nitrogens with zero attached hydrogens (tertiary/aromatic N) is 3. The monoisotopic (exact) mass is 433 g/mol. The molecule has 3 rings (SSSR count). The van der Waals surface area contributed by atoms with Crippen LogP contribution in [0, 0.1) is 5.82 Å². The molecule has 2 aromatic carbocycles. The highest BCUT2D eigenvalue weighted by Gasteiger charge is 2.10. The van der Waals surface area contributed by atoms with Crippen molar-refractivity contribution in [3.63, 3.8) is 0 Å². The molecule has 3 aromatic rings. The average Bonchev–Trinajstić information content (AvgIpc) is 3.19. The molecule has 0 aliphatic carbocycles. The number of guanidine groups is 1. The van der Waals surface area contributed by atoms with Gasteiger partial charge < -0.3 is 15.2 Å². The largest absolute Gasteiger partial charge is 0.352 e. The molecule has 0 aliphatic heterocycles. The van der Waals surface area contributed by atoms with E-state index in [2.05, 4.69) is 25.8 Å². The summed E-state index contributed by atoms with van der Waals surface area (Å²) >= 11 is 7.55. The van der Waals surface area contributed by atoms with Gasteiger partial charge in [0.15, 0.2) is 5.96 Å². The summed E-state index contributed by atoms with van der Waals surface area (Å²) in [6, 6.07) is 12.0. The molecule has 0 saturated carbocycles. The van der Waals surface area contributed by atoms with Gasteiger partial charge in [-0.1, -0.05) is 22.8 Å². The number of thioether (sulfide) groups is 1. The topological polar surface area (TPSA) is 75.3 Å². The van der Waals surface area contributed by atoms with E-state index in [0.717, 1.165) is 22.4 Å². The molecule has 0 unspecified atom stereocenters. The molecule has 1 aromatic heterocycles. The summed E-state index contributed by atoms with van der Waals surface area (Å²) in [6.45, 7) is 0.844. The van der Waals surface area contributed by atoms with Crippen molar-refractivity contribution in [1.29, 1.82) is 0 Å². The van der Waals surface area contributed by atoms with Gasteiger partial charge in [-0.3, -0.25) is 4.99 Å². The smallest absolute Gasteiger partial charge is 0.246 e. The first-order valence-electron chi connectivity index (χ1n) is 8.88. The third-order valence-electron chi connectivity index (χ3n) is 4.12. The molecule has 0 atom stereocenters. The standard InChI is InChI=1S/C20H21ClFN5OS/c1-23-20(24-10-14-5-8-17(22)9-15(14)12-29-2)25-11-18-26-19(27-28-18)13-3-6-16(21)7-4-13/h3-9H,10-12H2,1-2H3,(H2,23,24,25). The number of hydrogen-bond donors (Lipinski definition) is 2. The molecule has 0 bridgehead atoms. The van der Waals surface area contributed by atoms with Crippen molar-refractivity contribution < 1.29 is 8.91 Å². The number of aromatic nitrogens is 2. The summed E-state index contributed by atoms with van der Waals surface area (Å²) in [7, 11) is 1.68. The minimum absolute atomic E-state index is 0.229. The third kappa shape index (κ3) is 5.95. The van der Waals surface area contributed by atoms with Gasteiger partial charge in [0.25, 0.3) is 0 Å². The normalized spacial score (nSPS) is 11.5. The van der Waals surface area contributed by atoms with Crippen LogP contribution in [0.15, 0.2) is 52.0 Å². The van der Waals surface area contributed by atoms with Crippen LogP contribution >= 0.6 is 23.4 Å². The zero-order valence-electron chi connectivity index (χ0n) is 16.1. The molecule has 0 saturated heterocycles. The highest BCUT2D eigenvalue weighted by Crippen LogP contribution is 2.19. The van der Waals surface area contributed by atoms with Gasteiger partial charge in [-0.25, -0.2) is 4.39 Å². The Morgan fingerprint density at radius 2 is 1.90 bits per heavy atom. The van der Waals surface area contributed by atoms with Gasteiger partial charge in [0.05, 0.1) is 6.54 Å². The summed E-state index contributed by atoms with van der Waals surface area (Å²) < 4.78 is 18.8. The first-order chi connectivity index (χ1) is 14.1. The molecule has 152 valence electrons. The van der Waals surface area contributed by atoms with Gasteiger partial charge in [-0.15, -0.1) is 0 Å². The highest BCUT2D eigenvalue weighted by molar-refractivity contribution is 7.97.